The van der Waals surface area contributed by atoms with E-state index in [1.807, 2.05) is 17.5 Å². The van der Waals surface area contributed by atoms with Gasteiger partial charge >= 0.3 is 0 Å². The molecule has 29 heavy (non-hydrogen) atoms. The van der Waals surface area contributed by atoms with E-state index in [4.69, 9.17) is 4.74 Å². The number of fused-ring (bicyclic) bond motifs is 1. The second kappa shape index (κ2) is 7.13. The van der Waals surface area contributed by atoms with Gasteiger partial charge in [0.2, 0.25) is 5.88 Å². The van der Waals surface area contributed by atoms with E-state index in [2.05, 4.69) is 41.8 Å². The Morgan fingerprint density at radius 3 is 2.48 bits per heavy atom. The minimum absolute atomic E-state index is 0.466. The van der Waals surface area contributed by atoms with Crippen molar-refractivity contribution in [3.63, 3.8) is 0 Å². The van der Waals surface area contributed by atoms with Crippen molar-refractivity contribution in [3.8, 4) is 5.88 Å². The van der Waals surface area contributed by atoms with Crippen LogP contribution >= 0.6 is 0 Å². The number of hydrogen-bond donors (Lipinski definition) is 0. The first-order valence-corrected chi connectivity index (χ1v) is 10.2. The minimum Gasteiger partial charge on any atom is -0.481 e. The van der Waals surface area contributed by atoms with Crippen LogP contribution in [0.2, 0.25) is 0 Å². The fourth-order valence-electron chi connectivity index (χ4n) is 4.35. The van der Waals surface area contributed by atoms with E-state index in [0.29, 0.717) is 23.7 Å². The second-order valence-corrected chi connectivity index (χ2v) is 7.89. The molecule has 0 unspecified atom stereocenters. The molecule has 1 aliphatic heterocycles. The number of nitrogens with zero attached hydrogens (tertiary/aromatic N) is 8. The van der Waals surface area contributed by atoms with Crippen molar-refractivity contribution in [1.29, 1.82) is 0 Å². The first-order valence-electron chi connectivity index (χ1n) is 10.2. The summed E-state index contributed by atoms with van der Waals surface area (Å²) in [6.07, 6.45) is 7.78. The number of rotatable bonds is 5. The van der Waals surface area contributed by atoms with Crippen LogP contribution in [0, 0.1) is 13.8 Å². The number of hydrogen-bond acceptors (Lipinski definition) is 8. The van der Waals surface area contributed by atoms with E-state index >= 15 is 0 Å². The number of methoxy groups -OCH3 is 1. The van der Waals surface area contributed by atoms with Crippen molar-refractivity contribution in [3.05, 3.63) is 30.0 Å². The smallest absolute Gasteiger partial charge is 0.254 e. The summed E-state index contributed by atoms with van der Waals surface area (Å²) in [6, 6.07) is 3.01. The molecule has 0 atom stereocenters. The molecule has 2 aliphatic rings. The lowest BCUT2D eigenvalue weighted by Crippen LogP contribution is -2.47. The highest BCUT2D eigenvalue weighted by atomic mass is 16.5. The fraction of sp³-hybridized carbons (Fsp3) is 0.550. The van der Waals surface area contributed by atoms with Gasteiger partial charge in [0.15, 0.2) is 0 Å². The quantitative estimate of drug-likeness (QED) is 0.651. The Hall–Kier alpha value is -2.97. The van der Waals surface area contributed by atoms with E-state index in [9.17, 15) is 0 Å². The van der Waals surface area contributed by atoms with Crippen molar-refractivity contribution in [1.82, 2.24) is 29.5 Å². The predicted octanol–water partition coefficient (Wildman–Crippen LogP) is 2.18. The molecule has 0 bridgehead atoms. The van der Waals surface area contributed by atoms with E-state index < -0.39 is 0 Å². The van der Waals surface area contributed by atoms with Gasteiger partial charge in [0.25, 0.3) is 5.78 Å². The summed E-state index contributed by atoms with van der Waals surface area (Å²) in [6.45, 7) is 6.09. The lowest BCUT2D eigenvalue weighted by molar-refractivity contribution is 0.395. The summed E-state index contributed by atoms with van der Waals surface area (Å²) in [5.41, 5.74) is 2.18. The van der Waals surface area contributed by atoms with Gasteiger partial charge in [-0.1, -0.05) is 0 Å². The molecule has 3 aromatic rings. The minimum atomic E-state index is 0.466. The third kappa shape index (κ3) is 3.24. The van der Waals surface area contributed by atoms with Gasteiger partial charge in [0.1, 0.15) is 24.3 Å². The largest absolute Gasteiger partial charge is 0.481 e. The number of aromatic nitrogens is 6. The van der Waals surface area contributed by atoms with Crippen LogP contribution in [0.25, 0.3) is 5.78 Å². The molecule has 2 fully saturated rings. The molecule has 0 amide bonds. The summed E-state index contributed by atoms with van der Waals surface area (Å²) in [4.78, 5) is 22.5. The Bertz CT molecular complexity index is 1020. The topological polar surface area (TPSA) is 84.6 Å². The number of anilines is 2. The fourth-order valence-corrected chi connectivity index (χ4v) is 4.35. The number of aryl methyl sites for hydroxylation is 1. The lowest BCUT2D eigenvalue weighted by atomic mass is 10.0. The maximum Gasteiger partial charge on any atom is 0.254 e. The van der Waals surface area contributed by atoms with Gasteiger partial charge in [0.05, 0.1) is 7.11 Å². The van der Waals surface area contributed by atoms with Crippen LogP contribution in [0.3, 0.4) is 0 Å². The van der Waals surface area contributed by atoms with Crippen molar-refractivity contribution in [2.75, 3.05) is 30.0 Å². The third-order valence-electron chi connectivity index (χ3n) is 6.08. The van der Waals surface area contributed by atoms with Crippen LogP contribution < -0.4 is 14.5 Å². The van der Waals surface area contributed by atoms with E-state index in [1.54, 1.807) is 19.8 Å². The zero-order chi connectivity index (χ0) is 20.0. The van der Waals surface area contributed by atoms with Gasteiger partial charge in [-0.05, 0) is 39.5 Å². The van der Waals surface area contributed by atoms with E-state index in [1.165, 1.54) is 18.4 Å². The van der Waals surface area contributed by atoms with Crippen molar-refractivity contribution >= 4 is 17.4 Å². The van der Waals surface area contributed by atoms with Crippen LogP contribution in [-0.4, -0.2) is 61.8 Å². The molecular weight excluding hydrogens is 368 g/mol. The summed E-state index contributed by atoms with van der Waals surface area (Å²) >= 11 is 0. The van der Waals surface area contributed by atoms with Gasteiger partial charge in [-0.2, -0.15) is 14.6 Å². The molecule has 9 nitrogen and oxygen atoms in total. The van der Waals surface area contributed by atoms with Gasteiger partial charge in [-0.3, -0.25) is 0 Å². The first kappa shape index (κ1) is 18.1. The molecule has 1 saturated carbocycles. The molecule has 3 aromatic heterocycles. The predicted molar refractivity (Wildman–Crippen MR) is 110 cm³/mol. The zero-order valence-electron chi connectivity index (χ0n) is 17.1. The van der Waals surface area contributed by atoms with Gasteiger partial charge in [-0.25, -0.2) is 15.0 Å². The van der Waals surface area contributed by atoms with Crippen LogP contribution in [0.5, 0.6) is 5.88 Å². The van der Waals surface area contributed by atoms with Crippen LogP contribution in [0.15, 0.2) is 18.7 Å². The molecule has 0 N–H and O–H groups in total. The third-order valence-corrected chi connectivity index (χ3v) is 6.08. The molecule has 9 heteroatoms. The molecule has 1 aliphatic carbocycles. The molecule has 4 heterocycles. The highest BCUT2D eigenvalue weighted by Crippen LogP contribution is 2.36. The number of ether oxygens (including phenoxy) is 1. The monoisotopic (exact) mass is 394 g/mol. The molecular formula is C20H26N8O. The average Bonchev–Trinajstić information content (AvgIpc) is 3.47. The summed E-state index contributed by atoms with van der Waals surface area (Å²) < 4.78 is 7.19. The van der Waals surface area contributed by atoms with Crippen molar-refractivity contribution < 1.29 is 4.74 Å². The average molecular weight is 394 g/mol. The van der Waals surface area contributed by atoms with E-state index in [-0.39, 0.29) is 0 Å². The molecule has 152 valence electrons. The maximum atomic E-state index is 5.32. The Morgan fingerprint density at radius 2 is 1.76 bits per heavy atom. The van der Waals surface area contributed by atoms with Crippen molar-refractivity contribution in [2.24, 2.45) is 0 Å². The Morgan fingerprint density at radius 1 is 1.00 bits per heavy atom. The summed E-state index contributed by atoms with van der Waals surface area (Å²) in [7, 11) is 1.65. The summed E-state index contributed by atoms with van der Waals surface area (Å²) in [5, 5.41) is 4.41. The lowest BCUT2D eigenvalue weighted by Gasteiger charge is -2.40. The molecule has 5 rings (SSSR count). The van der Waals surface area contributed by atoms with Gasteiger partial charge in [-0.15, -0.1) is 0 Å². The Kier molecular flexibility index (Phi) is 4.44. The maximum absolute atomic E-state index is 5.32. The Balaban J connectivity index is 1.38. The van der Waals surface area contributed by atoms with E-state index in [0.717, 1.165) is 43.3 Å². The normalized spacial score (nSPS) is 17.7. The standard InChI is InChI=1S/C20H26N8O/c1-13-14(2)25-20-23-12-24-28(20)19(13)26-8-6-16(7-9-26)27(15-4-5-15)17-10-18(29-3)22-11-21-17/h10-12,15-16H,4-9H2,1-3H3. The SMILES string of the molecule is COc1cc(N(C2CC2)C2CCN(c3c(C)c(C)nc4ncnn34)CC2)ncn1. The highest BCUT2D eigenvalue weighted by Gasteiger charge is 2.37. The van der Waals surface area contributed by atoms with Crippen LogP contribution in [-0.2, 0) is 0 Å². The number of piperidine rings is 1. The molecule has 0 aromatic carbocycles. The second-order valence-electron chi connectivity index (χ2n) is 7.89. The molecule has 1 saturated heterocycles. The van der Waals surface area contributed by atoms with Crippen LogP contribution in [0.1, 0.15) is 36.9 Å². The summed E-state index contributed by atoms with van der Waals surface area (Å²) in [5.74, 6) is 3.38. The molecule has 0 radical (unpaired) electrons. The zero-order valence-corrected chi connectivity index (χ0v) is 17.1. The molecule has 0 spiro atoms. The van der Waals surface area contributed by atoms with Gasteiger partial charge < -0.3 is 14.5 Å². The highest BCUT2D eigenvalue weighted by molar-refractivity contribution is 5.54. The van der Waals surface area contributed by atoms with Crippen molar-refractivity contribution in [2.45, 2.75) is 51.6 Å². The van der Waals surface area contributed by atoms with Crippen LogP contribution in [0.4, 0.5) is 11.6 Å². The Labute approximate surface area is 169 Å². The first-order chi connectivity index (χ1) is 14.2. The van der Waals surface area contributed by atoms with Gasteiger partial charge in [0, 0.05) is 42.5 Å².